The van der Waals surface area contributed by atoms with Crippen LogP contribution < -0.4 is 9.64 Å². The summed E-state index contributed by atoms with van der Waals surface area (Å²) >= 11 is 0. The van der Waals surface area contributed by atoms with Crippen molar-refractivity contribution in [2.45, 2.75) is 39.5 Å². The molecule has 0 aliphatic carbocycles. The van der Waals surface area contributed by atoms with Crippen molar-refractivity contribution in [1.82, 2.24) is 15.2 Å². The molecule has 2 atom stereocenters. The summed E-state index contributed by atoms with van der Waals surface area (Å²) in [5, 5.41) is 7.50. The molecular weight excluding hydrogens is 324 g/mol. The number of aryl methyl sites for hydroxylation is 1. The van der Waals surface area contributed by atoms with E-state index in [1.165, 1.54) is 9.80 Å². The number of ether oxygens (including phenoxy) is 1. The Morgan fingerprint density at radius 2 is 2.08 bits per heavy atom. The zero-order valence-corrected chi connectivity index (χ0v) is 14.6. The van der Waals surface area contributed by atoms with E-state index in [4.69, 9.17) is 4.74 Å². The van der Waals surface area contributed by atoms with E-state index in [0.29, 0.717) is 22.8 Å². The Labute approximate surface area is 145 Å². The van der Waals surface area contributed by atoms with E-state index >= 15 is 0 Å². The van der Waals surface area contributed by atoms with Gasteiger partial charge in [0.15, 0.2) is 6.10 Å². The minimum absolute atomic E-state index is 0.209. The molecule has 0 spiro atoms. The Hall–Kier alpha value is -2.90. The molecular formula is C17H20N4O4. The number of likely N-dealkylation sites (N-methyl/N-ethyl adjacent to an activating group) is 1. The Morgan fingerprint density at radius 3 is 2.76 bits per heavy atom. The Morgan fingerprint density at radius 1 is 1.36 bits per heavy atom. The molecule has 0 saturated heterocycles. The monoisotopic (exact) mass is 344 g/mol. The molecule has 2 amide bonds. The van der Waals surface area contributed by atoms with E-state index in [1.54, 1.807) is 40.0 Å². The number of fused-ring (bicyclic) bond motifs is 1. The van der Waals surface area contributed by atoms with Crippen LogP contribution in [0.5, 0.6) is 5.75 Å². The number of benzene rings is 1. The topological polar surface area (TPSA) is 88.8 Å². The number of amides is 2. The van der Waals surface area contributed by atoms with Crippen molar-refractivity contribution >= 4 is 17.5 Å². The summed E-state index contributed by atoms with van der Waals surface area (Å²) in [7, 11) is 1.66. The van der Waals surface area contributed by atoms with Crippen LogP contribution in [0.1, 0.15) is 25.2 Å². The van der Waals surface area contributed by atoms with E-state index in [2.05, 4.69) is 14.9 Å². The number of para-hydroxylation sites is 2. The number of anilines is 1. The molecule has 1 aromatic heterocycles. The van der Waals surface area contributed by atoms with E-state index < -0.39 is 12.1 Å². The minimum Gasteiger partial charge on any atom is -0.479 e. The van der Waals surface area contributed by atoms with Crippen LogP contribution in [0.3, 0.4) is 0 Å². The second-order valence-electron chi connectivity index (χ2n) is 6.10. The Kier molecular flexibility index (Phi) is 4.43. The van der Waals surface area contributed by atoms with Gasteiger partial charge in [-0.1, -0.05) is 22.4 Å². The molecule has 8 nitrogen and oxygen atoms in total. The highest BCUT2D eigenvalue weighted by molar-refractivity contribution is 6.05. The van der Waals surface area contributed by atoms with Crippen molar-refractivity contribution in [3.63, 3.8) is 0 Å². The normalized spacial score (nSPS) is 17.7. The molecule has 0 saturated carbocycles. The van der Waals surface area contributed by atoms with Crippen molar-refractivity contribution in [3.8, 4) is 5.75 Å². The standard InChI is InChI=1S/C17H20N4O4/c1-10-13(19-25-18-10)9-20(4)16(22)11(2)21-14-7-5-6-8-15(14)24-12(3)17(21)23/h5-8,11-12H,9H2,1-4H3/t11-,12+/m1/s1. The highest BCUT2D eigenvalue weighted by atomic mass is 16.6. The lowest BCUT2D eigenvalue weighted by Crippen LogP contribution is -2.54. The molecule has 0 fully saturated rings. The molecule has 0 N–H and O–H groups in total. The summed E-state index contributed by atoms with van der Waals surface area (Å²) in [5.41, 5.74) is 1.82. The van der Waals surface area contributed by atoms with Gasteiger partial charge in [-0.05, 0) is 32.9 Å². The zero-order valence-electron chi connectivity index (χ0n) is 14.6. The molecule has 2 heterocycles. The van der Waals surface area contributed by atoms with Crippen LogP contribution in [0.2, 0.25) is 0 Å². The van der Waals surface area contributed by atoms with Crippen LogP contribution >= 0.6 is 0 Å². The van der Waals surface area contributed by atoms with Crippen molar-refractivity contribution in [1.29, 1.82) is 0 Å². The molecule has 25 heavy (non-hydrogen) atoms. The molecule has 3 rings (SSSR count). The van der Waals surface area contributed by atoms with Gasteiger partial charge in [0.25, 0.3) is 5.91 Å². The third-order valence-corrected chi connectivity index (χ3v) is 4.27. The van der Waals surface area contributed by atoms with Gasteiger partial charge in [0.2, 0.25) is 5.91 Å². The molecule has 1 aliphatic heterocycles. The summed E-state index contributed by atoms with van der Waals surface area (Å²) in [6, 6.07) is 6.53. The Balaban J connectivity index is 1.84. The fourth-order valence-electron chi connectivity index (χ4n) is 2.84. The predicted octanol–water partition coefficient (Wildman–Crippen LogP) is 1.54. The maximum absolute atomic E-state index is 12.9. The molecule has 8 heteroatoms. The van der Waals surface area contributed by atoms with Crippen molar-refractivity contribution in [3.05, 3.63) is 35.7 Å². The first-order valence-corrected chi connectivity index (χ1v) is 8.02. The second-order valence-corrected chi connectivity index (χ2v) is 6.10. The summed E-state index contributed by atoms with van der Waals surface area (Å²) in [6.07, 6.45) is -0.641. The molecule has 0 unspecified atom stereocenters. The van der Waals surface area contributed by atoms with Gasteiger partial charge in [0, 0.05) is 7.05 Å². The van der Waals surface area contributed by atoms with Crippen LogP contribution in [-0.4, -0.2) is 46.2 Å². The highest BCUT2D eigenvalue weighted by Gasteiger charge is 2.37. The van der Waals surface area contributed by atoms with Gasteiger partial charge >= 0.3 is 0 Å². The molecule has 132 valence electrons. The smallest absolute Gasteiger partial charge is 0.268 e. The van der Waals surface area contributed by atoms with Crippen LogP contribution in [0.25, 0.3) is 0 Å². The second kappa shape index (κ2) is 6.54. The SMILES string of the molecule is Cc1nonc1CN(C)C(=O)[C@@H](C)N1C(=O)[C@H](C)Oc2ccccc21. The van der Waals surface area contributed by atoms with Gasteiger partial charge in [-0.25, -0.2) is 4.63 Å². The third kappa shape index (κ3) is 3.07. The Bertz CT molecular complexity index is 803. The van der Waals surface area contributed by atoms with Crippen molar-refractivity contribution in [2.24, 2.45) is 0 Å². The van der Waals surface area contributed by atoms with Crippen LogP contribution in [0.4, 0.5) is 5.69 Å². The van der Waals surface area contributed by atoms with Crippen LogP contribution in [0, 0.1) is 6.92 Å². The first kappa shape index (κ1) is 16.9. The lowest BCUT2D eigenvalue weighted by atomic mass is 10.1. The molecule has 1 aliphatic rings. The molecule has 2 aromatic rings. The number of nitrogens with zero attached hydrogens (tertiary/aromatic N) is 4. The molecule has 0 bridgehead atoms. The largest absolute Gasteiger partial charge is 0.479 e. The van der Waals surface area contributed by atoms with Crippen molar-refractivity contribution in [2.75, 3.05) is 11.9 Å². The number of aromatic nitrogens is 2. The molecule has 0 radical (unpaired) electrons. The first-order valence-electron chi connectivity index (χ1n) is 8.02. The first-order chi connectivity index (χ1) is 11.9. The quantitative estimate of drug-likeness (QED) is 0.836. The van der Waals surface area contributed by atoms with E-state index in [0.717, 1.165) is 0 Å². The number of rotatable bonds is 4. The average molecular weight is 344 g/mol. The fourth-order valence-corrected chi connectivity index (χ4v) is 2.84. The van der Waals surface area contributed by atoms with Gasteiger partial charge in [0.1, 0.15) is 23.2 Å². The van der Waals surface area contributed by atoms with E-state index in [1.807, 2.05) is 12.1 Å². The van der Waals surface area contributed by atoms with Crippen LogP contribution in [0.15, 0.2) is 28.9 Å². The predicted molar refractivity (Wildman–Crippen MR) is 89.0 cm³/mol. The van der Waals surface area contributed by atoms with E-state index in [9.17, 15) is 9.59 Å². The molecule has 1 aromatic carbocycles. The fraction of sp³-hybridized carbons (Fsp3) is 0.412. The summed E-state index contributed by atoms with van der Waals surface area (Å²) in [6.45, 7) is 5.40. The van der Waals surface area contributed by atoms with E-state index in [-0.39, 0.29) is 18.4 Å². The summed E-state index contributed by atoms with van der Waals surface area (Å²) in [5.74, 6) is 0.139. The summed E-state index contributed by atoms with van der Waals surface area (Å²) < 4.78 is 10.3. The average Bonchev–Trinajstić information content (AvgIpc) is 2.99. The third-order valence-electron chi connectivity index (χ3n) is 4.27. The number of hydrogen-bond acceptors (Lipinski definition) is 6. The lowest BCUT2D eigenvalue weighted by molar-refractivity contribution is -0.135. The van der Waals surface area contributed by atoms with Gasteiger partial charge in [0.05, 0.1) is 12.2 Å². The number of carbonyl (C=O) groups excluding carboxylic acids is 2. The number of hydrogen-bond donors (Lipinski definition) is 0. The minimum atomic E-state index is -0.676. The maximum atomic E-state index is 12.9. The van der Waals surface area contributed by atoms with Gasteiger partial charge < -0.3 is 9.64 Å². The van der Waals surface area contributed by atoms with Crippen LogP contribution in [-0.2, 0) is 16.1 Å². The van der Waals surface area contributed by atoms with Gasteiger partial charge in [-0.2, -0.15) is 0 Å². The lowest BCUT2D eigenvalue weighted by Gasteiger charge is -2.37. The highest BCUT2D eigenvalue weighted by Crippen LogP contribution is 2.35. The van der Waals surface area contributed by atoms with Gasteiger partial charge in [-0.15, -0.1) is 0 Å². The maximum Gasteiger partial charge on any atom is 0.268 e. The van der Waals surface area contributed by atoms with Crippen molar-refractivity contribution < 1.29 is 19.0 Å². The summed E-state index contributed by atoms with van der Waals surface area (Å²) in [4.78, 5) is 28.5. The van der Waals surface area contributed by atoms with Gasteiger partial charge in [-0.3, -0.25) is 14.5 Å². The zero-order chi connectivity index (χ0) is 18.1. The number of carbonyl (C=O) groups is 2.